The lowest BCUT2D eigenvalue weighted by molar-refractivity contribution is -0.130. The van der Waals surface area contributed by atoms with Crippen LogP contribution >= 0.6 is 0 Å². The van der Waals surface area contributed by atoms with Crippen molar-refractivity contribution < 1.29 is 4.79 Å². The van der Waals surface area contributed by atoms with E-state index < -0.39 is 0 Å². The van der Waals surface area contributed by atoms with Crippen LogP contribution in [-0.4, -0.2) is 23.9 Å². The van der Waals surface area contributed by atoms with Crippen molar-refractivity contribution in [3.05, 3.63) is 0 Å². The monoisotopic (exact) mass is 181 g/mol. The first kappa shape index (κ1) is 9.04. The molecular weight excluding hydrogens is 162 g/mol. The molecule has 13 heavy (non-hydrogen) atoms. The lowest BCUT2D eigenvalue weighted by Gasteiger charge is -2.39. The number of likely N-dealkylation sites (tertiary alicyclic amines) is 1. The largest absolute Gasteiger partial charge is 0.343 e. The minimum absolute atomic E-state index is 0.257. The standard InChI is InChI=1S/C11H19NO/c1-9(13)12-7-5-11(6-8-12)10-3-2-4-10/h10-11H,2-8H2,1H3. The third-order valence-corrected chi connectivity index (χ3v) is 3.80. The van der Waals surface area contributed by atoms with Gasteiger partial charge in [0.25, 0.3) is 0 Å². The van der Waals surface area contributed by atoms with E-state index >= 15 is 0 Å². The average Bonchev–Trinajstić information content (AvgIpc) is 2.02. The molecule has 74 valence electrons. The van der Waals surface area contributed by atoms with Crippen molar-refractivity contribution in [2.75, 3.05) is 13.1 Å². The van der Waals surface area contributed by atoms with E-state index in [1.54, 1.807) is 6.92 Å². The average molecular weight is 181 g/mol. The summed E-state index contributed by atoms with van der Waals surface area (Å²) in [6.07, 6.45) is 6.85. The highest BCUT2D eigenvalue weighted by Gasteiger charge is 2.30. The second-order valence-corrected chi connectivity index (χ2v) is 4.53. The Hall–Kier alpha value is -0.530. The van der Waals surface area contributed by atoms with Crippen molar-refractivity contribution in [1.82, 2.24) is 4.90 Å². The lowest BCUT2D eigenvalue weighted by atomic mass is 9.72. The summed E-state index contributed by atoms with van der Waals surface area (Å²) in [6, 6.07) is 0. The number of piperidine rings is 1. The second-order valence-electron chi connectivity index (χ2n) is 4.53. The maximum absolute atomic E-state index is 11.1. The third kappa shape index (κ3) is 1.87. The summed E-state index contributed by atoms with van der Waals surface area (Å²) in [4.78, 5) is 13.1. The Kier molecular flexibility index (Phi) is 2.56. The fourth-order valence-electron chi connectivity index (χ4n) is 2.60. The van der Waals surface area contributed by atoms with Crippen LogP contribution in [0.1, 0.15) is 39.0 Å². The topological polar surface area (TPSA) is 20.3 Å². The maximum atomic E-state index is 11.1. The van der Waals surface area contributed by atoms with Crippen LogP contribution in [0, 0.1) is 11.8 Å². The van der Waals surface area contributed by atoms with Crippen LogP contribution in [0.5, 0.6) is 0 Å². The van der Waals surface area contributed by atoms with Gasteiger partial charge in [-0.25, -0.2) is 0 Å². The summed E-state index contributed by atoms with van der Waals surface area (Å²) in [5.74, 6) is 2.20. The van der Waals surface area contributed by atoms with E-state index in [1.807, 2.05) is 4.90 Å². The first-order valence-corrected chi connectivity index (χ1v) is 5.53. The van der Waals surface area contributed by atoms with Gasteiger partial charge in [-0.05, 0) is 24.7 Å². The quantitative estimate of drug-likeness (QED) is 0.606. The fraction of sp³-hybridized carbons (Fsp3) is 0.909. The first-order chi connectivity index (χ1) is 6.27. The summed E-state index contributed by atoms with van der Waals surface area (Å²) in [6.45, 7) is 3.71. The zero-order valence-electron chi connectivity index (χ0n) is 8.46. The minimum atomic E-state index is 0.257. The van der Waals surface area contributed by atoms with Gasteiger partial charge in [0.1, 0.15) is 0 Å². The zero-order valence-corrected chi connectivity index (χ0v) is 8.46. The molecule has 1 aliphatic carbocycles. The number of rotatable bonds is 1. The molecule has 1 heterocycles. The molecule has 1 saturated heterocycles. The van der Waals surface area contributed by atoms with Crippen molar-refractivity contribution in [3.63, 3.8) is 0 Å². The first-order valence-electron chi connectivity index (χ1n) is 5.53. The van der Waals surface area contributed by atoms with Gasteiger partial charge in [0.15, 0.2) is 0 Å². The molecule has 0 bridgehead atoms. The van der Waals surface area contributed by atoms with Crippen molar-refractivity contribution in [2.45, 2.75) is 39.0 Å². The molecule has 1 amide bonds. The predicted octanol–water partition coefficient (Wildman–Crippen LogP) is 2.04. The van der Waals surface area contributed by atoms with Crippen LogP contribution in [0.3, 0.4) is 0 Å². The van der Waals surface area contributed by atoms with Crippen LogP contribution in [0.2, 0.25) is 0 Å². The Bertz CT molecular complexity index is 190. The zero-order chi connectivity index (χ0) is 9.26. The van der Waals surface area contributed by atoms with Gasteiger partial charge in [-0.2, -0.15) is 0 Å². The summed E-state index contributed by atoms with van der Waals surface area (Å²) < 4.78 is 0. The Morgan fingerprint density at radius 2 is 1.62 bits per heavy atom. The number of amides is 1. The van der Waals surface area contributed by atoms with Gasteiger partial charge in [0.05, 0.1) is 0 Å². The molecule has 2 fully saturated rings. The highest BCUT2D eigenvalue weighted by atomic mass is 16.2. The Balaban J connectivity index is 1.78. The van der Waals surface area contributed by atoms with Gasteiger partial charge in [-0.3, -0.25) is 4.79 Å². The third-order valence-electron chi connectivity index (χ3n) is 3.80. The highest BCUT2D eigenvalue weighted by molar-refractivity contribution is 5.73. The van der Waals surface area contributed by atoms with Crippen LogP contribution in [-0.2, 0) is 4.79 Å². The van der Waals surface area contributed by atoms with E-state index in [4.69, 9.17) is 0 Å². The molecule has 0 unspecified atom stereocenters. The maximum Gasteiger partial charge on any atom is 0.219 e. The SMILES string of the molecule is CC(=O)N1CCC(C2CCC2)CC1. The van der Waals surface area contributed by atoms with Gasteiger partial charge in [-0.1, -0.05) is 19.3 Å². The summed E-state index contributed by atoms with van der Waals surface area (Å²) in [5, 5.41) is 0. The Labute approximate surface area is 80.3 Å². The van der Waals surface area contributed by atoms with Crippen molar-refractivity contribution >= 4 is 5.91 Å². The molecule has 0 atom stereocenters. The summed E-state index contributed by atoms with van der Waals surface area (Å²) in [5.41, 5.74) is 0. The molecule has 0 spiro atoms. The molecule has 2 aliphatic rings. The summed E-state index contributed by atoms with van der Waals surface area (Å²) >= 11 is 0. The number of hydrogen-bond acceptors (Lipinski definition) is 1. The molecule has 0 aromatic carbocycles. The van der Waals surface area contributed by atoms with Gasteiger partial charge in [-0.15, -0.1) is 0 Å². The van der Waals surface area contributed by atoms with Crippen LogP contribution in [0.4, 0.5) is 0 Å². The molecule has 2 nitrogen and oxygen atoms in total. The molecular formula is C11H19NO. The summed E-state index contributed by atoms with van der Waals surface area (Å²) in [7, 11) is 0. The Morgan fingerprint density at radius 3 is 2.00 bits per heavy atom. The molecule has 1 saturated carbocycles. The number of carbonyl (C=O) groups is 1. The van der Waals surface area contributed by atoms with Gasteiger partial charge in [0.2, 0.25) is 5.91 Å². The number of nitrogens with zero attached hydrogens (tertiary/aromatic N) is 1. The molecule has 0 aromatic rings. The van der Waals surface area contributed by atoms with E-state index in [1.165, 1.54) is 32.1 Å². The van der Waals surface area contributed by atoms with Gasteiger partial charge < -0.3 is 4.90 Å². The molecule has 0 radical (unpaired) electrons. The Morgan fingerprint density at radius 1 is 1.08 bits per heavy atom. The minimum Gasteiger partial charge on any atom is -0.343 e. The van der Waals surface area contributed by atoms with E-state index in [-0.39, 0.29) is 5.91 Å². The lowest BCUT2D eigenvalue weighted by Crippen LogP contribution is -2.39. The molecule has 0 N–H and O–H groups in total. The molecule has 2 rings (SSSR count). The molecule has 0 aromatic heterocycles. The molecule has 2 heteroatoms. The van der Waals surface area contributed by atoms with Crippen molar-refractivity contribution in [3.8, 4) is 0 Å². The van der Waals surface area contributed by atoms with Crippen LogP contribution in [0.15, 0.2) is 0 Å². The van der Waals surface area contributed by atoms with E-state index in [0.29, 0.717) is 0 Å². The van der Waals surface area contributed by atoms with E-state index in [0.717, 1.165) is 24.9 Å². The number of carbonyl (C=O) groups excluding carboxylic acids is 1. The second kappa shape index (κ2) is 3.69. The van der Waals surface area contributed by atoms with E-state index in [2.05, 4.69) is 0 Å². The van der Waals surface area contributed by atoms with Crippen LogP contribution in [0.25, 0.3) is 0 Å². The normalized spacial score (nSPS) is 25.8. The van der Waals surface area contributed by atoms with Gasteiger partial charge in [0, 0.05) is 20.0 Å². The van der Waals surface area contributed by atoms with E-state index in [9.17, 15) is 4.79 Å². The smallest absolute Gasteiger partial charge is 0.219 e. The number of hydrogen-bond donors (Lipinski definition) is 0. The van der Waals surface area contributed by atoms with Crippen LogP contribution < -0.4 is 0 Å². The fourth-order valence-corrected chi connectivity index (χ4v) is 2.60. The predicted molar refractivity (Wildman–Crippen MR) is 52.3 cm³/mol. The van der Waals surface area contributed by atoms with Crippen molar-refractivity contribution in [1.29, 1.82) is 0 Å². The van der Waals surface area contributed by atoms with Crippen molar-refractivity contribution in [2.24, 2.45) is 11.8 Å². The molecule has 1 aliphatic heterocycles. The highest BCUT2D eigenvalue weighted by Crippen LogP contribution is 2.38. The van der Waals surface area contributed by atoms with Gasteiger partial charge >= 0.3 is 0 Å².